The Morgan fingerprint density at radius 1 is 1.37 bits per heavy atom. The van der Waals surface area contributed by atoms with Gasteiger partial charge in [0, 0.05) is 19.8 Å². The molecule has 3 heteroatoms. The summed E-state index contributed by atoms with van der Waals surface area (Å²) >= 11 is 0. The number of nitrogens with one attached hydrogen (secondary N) is 1. The van der Waals surface area contributed by atoms with Crippen LogP contribution in [0.4, 0.5) is 0 Å². The first-order valence-corrected chi connectivity index (χ1v) is 7.87. The maximum Gasteiger partial charge on any atom is 0.0685 e. The van der Waals surface area contributed by atoms with E-state index in [1.165, 1.54) is 38.5 Å². The minimum absolute atomic E-state index is 0.0468. The third-order valence-electron chi connectivity index (χ3n) is 5.25. The fourth-order valence-electron chi connectivity index (χ4n) is 3.89. The molecular weight excluding hydrogens is 238 g/mol. The van der Waals surface area contributed by atoms with Crippen LogP contribution in [0.15, 0.2) is 0 Å². The number of ether oxygens (including phenoxy) is 2. The van der Waals surface area contributed by atoms with Crippen LogP contribution in [-0.2, 0) is 9.47 Å². The lowest BCUT2D eigenvalue weighted by atomic mass is 9.78. The van der Waals surface area contributed by atoms with Gasteiger partial charge in [0.15, 0.2) is 0 Å². The lowest BCUT2D eigenvalue weighted by molar-refractivity contribution is -0.102. The van der Waals surface area contributed by atoms with Crippen molar-refractivity contribution in [3.8, 4) is 0 Å². The first-order valence-electron chi connectivity index (χ1n) is 7.87. The number of hydrogen-bond acceptors (Lipinski definition) is 3. The Morgan fingerprint density at radius 2 is 2.05 bits per heavy atom. The van der Waals surface area contributed by atoms with Crippen molar-refractivity contribution in [2.45, 2.75) is 76.0 Å². The third kappa shape index (κ3) is 3.71. The van der Waals surface area contributed by atoms with Gasteiger partial charge in [0.2, 0.25) is 0 Å². The van der Waals surface area contributed by atoms with Gasteiger partial charge in [-0.15, -0.1) is 0 Å². The van der Waals surface area contributed by atoms with E-state index in [1.54, 1.807) is 0 Å². The maximum atomic E-state index is 6.15. The van der Waals surface area contributed by atoms with Gasteiger partial charge in [0.25, 0.3) is 0 Å². The largest absolute Gasteiger partial charge is 0.379 e. The fraction of sp³-hybridized carbons (Fsp3) is 1.00. The van der Waals surface area contributed by atoms with E-state index in [9.17, 15) is 0 Å². The van der Waals surface area contributed by atoms with Crippen molar-refractivity contribution in [2.24, 2.45) is 5.92 Å². The molecule has 0 aromatic rings. The van der Waals surface area contributed by atoms with Crippen molar-refractivity contribution in [1.82, 2.24) is 5.32 Å². The summed E-state index contributed by atoms with van der Waals surface area (Å²) in [7, 11) is 3.91. The standard InChI is InChI=1S/C16H31NO2/c1-15(2,18-4)12-14(17-3)13-7-10-19-16(11-13)8-5-6-9-16/h13-14,17H,5-12H2,1-4H3. The average molecular weight is 269 g/mol. The smallest absolute Gasteiger partial charge is 0.0685 e. The highest BCUT2D eigenvalue weighted by Crippen LogP contribution is 2.43. The summed E-state index contributed by atoms with van der Waals surface area (Å²) in [5.41, 5.74) is 0.171. The van der Waals surface area contributed by atoms with Gasteiger partial charge in [-0.1, -0.05) is 12.8 Å². The van der Waals surface area contributed by atoms with Gasteiger partial charge in [-0.05, 0) is 58.9 Å². The van der Waals surface area contributed by atoms with Gasteiger partial charge < -0.3 is 14.8 Å². The fourth-order valence-corrected chi connectivity index (χ4v) is 3.89. The van der Waals surface area contributed by atoms with Gasteiger partial charge in [-0.3, -0.25) is 0 Å². The Kier molecular flexibility index (Phi) is 4.91. The summed E-state index contributed by atoms with van der Waals surface area (Å²) < 4.78 is 11.8. The molecule has 1 aliphatic carbocycles. The van der Waals surface area contributed by atoms with Crippen molar-refractivity contribution in [3.63, 3.8) is 0 Å². The van der Waals surface area contributed by atoms with Crippen LogP contribution in [0.5, 0.6) is 0 Å². The highest BCUT2D eigenvalue weighted by Gasteiger charge is 2.42. The molecule has 1 saturated heterocycles. The van der Waals surface area contributed by atoms with E-state index >= 15 is 0 Å². The molecule has 0 bridgehead atoms. The molecule has 2 aliphatic rings. The topological polar surface area (TPSA) is 30.5 Å². The molecule has 0 amide bonds. The molecule has 2 atom stereocenters. The Balaban J connectivity index is 1.98. The highest BCUT2D eigenvalue weighted by molar-refractivity contribution is 4.95. The van der Waals surface area contributed by atoms with Crippen LogP contribution < -0.4 is 5.32 Å². The molecule has 2 rings (SSSR count). The van der Waals surface area contributed by atoms with Crippen LogP contribution in [0.3, 0.4) is 0 Å². The van der Waals surface area contributed by atoms with Crippen LogP contribution in [0.2, 0.25) is 0 Å². The second-order valence-electron chi connectivity index (χ2n) is 7.05. The molecule has 0 aromatic carbocycles. The molecule has 1 spiro atoms. The van der Waals surface area contributed by atoms with E-state index in [0.717, 1.165) is 18.9 Å². The molecule has 0 radical (unpaired) electrons. The van der Waals surface area contributed by atoms with Crippen molar-refractivity contribution < 1.29 is 9.47 Å². The zero-order chi connectivity index (χ0) is 13.9. The minimum Gasteiger partial charge on any atom is -0.379 e. The summed E-state index contributed by atoms with van der Waals surface area (Å²) in [4.78, 5) is 0. The van der Waals surface area contributed by atoms with E-state index in [1.807, 2.05) is 7.11 Å². The molecule has 1 heterocycles. The molecule has 0 aromatic heterocycles. The number of rotatable bonds is 5. The number of hydrogen-bond donors (Lipinski definition) is 1. The molecule has 1 aliphatic heterocycles. The van der Waals surface area contributed by atoms with Gasteiger partial charge in [0.1, 0.15) is 0 Å². The summed E-state index contributed by atoms with van der Waals surface area (Å²) in [5, 5.41) is 3.53. The highest BCUT2D eigenvalue weighted by atomic mass is 16.5. The van der Waals surface area contributed by atoms with Crippen LogP contribution in [-0.4, -0.2) is 38.0 Å². The minimum atomic E-state index is -0.0468. The van der Waals surface area contributed by atoms with Gasteiger partial charge in [-0.2, -0.15) is 0 Å². The predicted octanol–water partition coefficient (Wildman–Crippen LogP) is 3.13. The Bertz CT molecular complexity index is 284. The Morgan fingerprint density at radius 3 is 2.63 bits per heavy atom. The van der Waals surface area contributed by atoms with E-state index < -0.39 is 0 Å². The molecule has 2 fully saturated rings. The maximum absolute atomic E-state index is 6.15. The third-order valence-corrected chi connectivity index (χ3v) is 5.25. The van der Waals surface area contributed by atoms with Crippen molar-refractivity contribution in [3.05, 3.63) is 0 Å². The molecule has 2 unspecified atom stereocenters. The Hall–Kier alpha value is -0.120. The summed E-state index contributed by atoms with van der Waals surface area (Å²) in [6.07, 6.45) is 8.73. The first kappa shape index (κ1) is 15.3. The molecule has 1 N–H and O–H groups in total. The second-order valence-corrected chi connectivity index (χ2v) is 7.05. The molecular formula is C16H31NO2. The zero-order valence-electron chi connectivity index (χ0n) is 13.1. The van der Waals surface area contributed by atoms with Crippen molar-refractivity contribution in [2.75, 3.05) is 20.8 Å². The predicted molar refractivity (Wildman–Crippen MR) is 78.4 cm³/mol. The summed E-state index contributed by atoms with van der Waals surface area (Å²) in [6, 6.07) is 0.538. The van der Waals surface area contributed by atoms with E-state index in [0.29, 0.717) is 6.04 Å². The van der Waals surface area contributed by atoms with Crippen molar-refractivity contribution >= 4 is 0 Å². The van der Waals surface area contributed by atoms with Crippen LogP contribution >= 0.6 is 0 Å². The molecule has 1 saturated carbocycles. The average Bonchev–Trinajstić information content (AvgIpc) is 2.84. The van der Waals surface area contributed by atoms with Crippen molar-refractivity contribution in [1.29, 1.82) is 0 Å². The van der Waals surface area contributed by atoms with Crippen LogP contribution in [0.1, 0.15) is 58.8 Å². The SMILES string of the molecule is CNC(CC(C)(C)OC)C1CCOC2(CCCC2)C1. The zero-order valence-corrected chi connectivity index (χ0v) is 13.1. The second kappa shape index (κ2) is 6.11. The summed E-state index contributed by atoms with van der Waals surface area (Å²) in [5.74, 6) is 0.728. The molecule has 112 valence electrons. The summed E-state index contributed by atoms with van der Waals surface area (Å²) in [6.45, 7) is 5.31. The van der Waals surface area contributed by atoms with Gasteiger partial charge in [-0.25, -0.2) is 0 Å². The van der Waals surface area contributed by atoms with Crippen LogP contribution in [0.25, 0.3) is 0 Å². The number of methoxy groups -OCH3 is 1. The molecule has 19 heavy (non-hydrogen) atoms. The van der Waals surface area contributed by atoms with Gasteiger partial charge >= 0.3 is 0 Å². The van der Waals surface area contributed by atoms with E-state index in [2.05, 4.69) is 26.2 Å². The normalized spacial score (nSPS) is 28.7. The first-order chi connectivity index (χ1) is 9.00. The molecule has 3 nitrogen and oxygen atoms in total. The van der Waals surface area contributed by atoms with Crippen LogP contribution in [0, 0.1) is 5.92 Å². The van der Waals surface area contributed by atoms with Gasteiger partial charge in [0.05, 0.1) is 11.2 Å². The monoisotopic (exact) mass is 269 g/mol. The van der Waals surface area contributed by atoms with E-state index in [4.69, 9.17) is 9.47 Å². The van der Waals surface area contributed by atoms with E-state index in [-0.39, 0.29) is 11.2 Å². The lowest BCUT2D eigenvalue weighted by Gasteiger charge is -2.43. The Labute approximate surface area is 118 Å². The lowest BCUT2D eigenvalue weighted by Crippen LogP contribution is -2.47. The quantitative estimate of drug-likeness (QED) is 0.832.